The van der Waals surface area contributed by atoms with Crippen LogP contribution in [0.15, 0.2) is 71.8 Å². The Morgan fingerprint density at radius 3 is 2.67 bits per heavy atom. The number of amides is 1. The number of carbonyl (C=O) groups excluding carboxylic acids is 1. The molecule has 0 spiro atoms. The molecule has 0 fully saturated rings. The fraction of sp³-hybridized carbons (Fsp3) is 0.115. The number of aryl methyl sites for hydroxylation is 1. The monoisotopic (exact) mass is 501 g/mol. The predicted molar refractivity (Wildman–Crippen MR) is 143 cm³/mol. The Hall–Kier alpha value is -4.50. The third-order valence-corrected chi connectivity index (χ3v) is 5.65. The molecule has 0 aliphatic heterocycles. The Balaban J connectivity index is 1.79. The smallest absolute Gasteiger partial charge is 0.250 e. The van der Waals surface area contributed by atoms with Crippen LogP contribution < -0.4 is 21.9 Å². The number of aromatic nitrogens is 3. The summed E-state index contributed by atoms with van der Waals surface area (Å²) in [6.07, 6.45) is 4.37. The maximum absolute atomic E-state index is 11.8. The van der Waals surface area contributed by atoms with E-state index in [-0.39, 0.29) is 12.1 Å². The zero-order valence-electron chi connectivity index (χ0n) is 19.5. The molecule has 9 nitrogen and oxygen atoms in total. The van der Waals surface area contributed by atoms with Gasteiger partial charge in [0, 0.05) is 48.7 Å². The van der Waals surface area contributed by atoms with Crippen LogP contribution in [0.5, 0.6) is 0 Å². The average molecular weight is 502 g/mol. The van der Waals surface area contributed by atoms with Crippen LogP contribution in [0.2, 0.25) is 5.02 Å². The summed E-state index contributed by atoms with van der Waals surface area (Å²) < 4.78 is 1.53. The van der Waals surface area contributed by atoms with E-state index in [1.807, 2.05) is 42.5 Å². The molecule has 10 heteroatoms. The van der Waals surface area contributed by atoms with Crippen LogP contribution in [-0.2, 0) is 18.4 Å². The summed E-state index contributed by atoms with van der Waals surface area (Å²) in [6.45, 7) is 0.382. The molecule has 2 aromatic carbocycles. The van der Waals surface area contributed by atoms with Crippen molar-refractivity contribution in [2.75, 3.05) is 11.9 Å². The lowest BCUT2D eigenvalue weighted by Crippen LogP contribution is -2.25. The zero-order chi connectivity index (χ0) is 25.7. The third-order valence-electron chi connectivity index (χ3n) is 5.41. The molecule has 36 heavy (non-hydrogen) atoms. The van der Waals surface area contributed by atoms with Gasteiger partial charge in [-0.1, -0.05) is 29.8 Å². The quantitative estimate of drug-likeness (QED) is 0.259. The van der Waals surface area contributed by atoms with Gasteiger partial charge in [-0.25, -0.2) is 9.97 Å². The van der Waals surface area contributed by atoms with Crippen molar-refractivity contribution in [1.29, 1.82) is 5.41 Å². The van der Waals surface area contributed by atoms with Gasteiger partial charge in [-0.15, -0.1) is 0 Å². The maximum Gasteiger partial charge on any atom is 0.250 e. The summed E-state index contributed by atoms with van der Waals surface area (Å²) in [5.74, 6) is 0.340. The molecule has 0 unspecified atom stereocenters. The number of hydrogen-bond donors (Lipinski definition) is 4. The van der Waals surface area contributed by atoms with Crippen LogP contribution in [0.4, 0.5) is 5.82 Å². The van der Waals surface area contributed by atoms with E-state index in [9.17, 15) is 9.59 Å². The summed E-state index contributed by atoms with van der Waals surface area (Å²) in [5, 5.41) is 15.3. The van der Waals surface area contributed by atoms with E-state index in [2.05, 4.69) is 20.6 Å². The van der Waals surface area contributed by atoms with Gasteiger partial charge in [-0.2, -0.15) is 0 Å². The Morgan fingerprint density at radius 2 is 1.94 bits per heavy atom. The minimum atomic E-state index is -0.523. The van der Waals surface area contributed by atoms with Crippen LogP contribution in [-0.4, -0.2) is 33.2 Å². The highest BCUT2D eigenvalue weighted by molar-refractivity contribution is 6.30. The molecule has 4 rings (SSSR count). The number of rotatable bonds is 9. The van der Waals surface area contributed by atoms with E-state index in [0.717, 1.165) is 28.3 Å². The largest absolute Gasteiger partial charge is 0.382 e. The zero-order valence-corrected chi connectivity index (χ0v) is 20.2. The maximum atomic E-state index is 11.8. The van der Waals surface area contributed by atoms with Crippen molar-refractivity contribution in [2.24, 2.45) is 12.8 Å². The molecule has 0 radical (unpaired) electrons. The molecule has 0 saturated carbocycles. The molecule has 2 aromatic heterocycles. The molecule has 0 aliphatic carbocycles. The number of halogens is 1. The standard InChI is InChI=1S/C26H24ClN7O2/c1-34-15-18(6-8-24(34)36)17-5-7-22-21(10-17)26(31-12-16-3-2-4-20(27)9-16)33-25(32-22)19(11-28)13-30-14-23(29)35/h2-11,13,15,28,30H,12,14H2,1H3,(H2,29,35)(H,31,32,33)/b19-13+,28-11?. The molecular weight excluding hydrogens is 478 g/mol. The second-order valence-electron chi connectivity index (χ2n) is 8.07. The number of benzene rings is 2. The Labute approximate surface area is 212 Å². The van der Waals surface area contributed by atoms with Gasteiger partial charge in [0.25, 0.3) is 0 Å². The van der Waals surface area contributed by atoms with E-state index in [0.29, 0.717) is 34.3 Å². The van der Waals surface area contributed by atoms with Gasteiger partial charge in [0.05, 0.1) is 17.6 Å². The van der Waals surface area contributed by atoms with Gasteiger partial charge < -0.3 is 26.3 Å². The SMILES string of the molecule is Cn1cc(-c2ccc3nc(/C(C=N)=C/NCC(N)=O)nc(NCc4cccc(Cl)c4)c3c2)ccc1=O. The lowest BCUT2D eigenvalue weighted by molar-refractivity contribution is -0.117. The average Bonchev–Trinajstić information content (AvgIpc) is 2.86. The molecule has 182 valence electrons. The van der Waals surface area contributed by atoms with Crippen molar-refractivity contribution in [3.63, 3.8) is 0 Å². The highest BCUT2D eigenvalue weighted by atomic mass is 35.5. The highest BCUT2D eigenvalue weighted by Gasteiger charge is 2.13. The minimum absolute atomic E-state index is 0.0757. The molecule has 5 N–H and O–H groups in total. The van der Waals surface area contributed by atoms with Gasteiger partial charge in [0.15, 0.2) is 5.82 Å². The van der Waals surface area contributed by atoms with Gasteiger partial charge in [-0.05, 0) is 47.0 Å². The fourth-order valence-corrected chi connectivity index (χ4v) is 3.81. The minimum Gasteiger partial charge on any atom is -0.382 e. The third kappa shape index (κ3) is 5.76. The number of nitrogens with two attached hydrogens (primary N) is 1. The van der Waals surface area contributed by atoms with Crippen molar-refractivity contribution < 1.29 is 4.79 Å². The molecule has 0 saturated heterocycles. The predicted octanol–water partition coefficient (Wildman–Crippen LogP) is 3.33. The van der Waals surface area contributed by atoms with Crippen molar-refractivity contribution >= 4 is 46.0 Å². The lowest BCUT2D eigenvalue weighted by atomic mass is 10.0. The second-order valence-corrected chi connectivity index (χ2v) is 8.51. The van der Waals surface area contributed by atoms with E-state index in [4.69, 9.17) is 22.7 Å². The van der Waals surface area contributed by atoms with Gasteiger partial charge in [0.2, 0.25) is 11.5 Å². The first-order chi connectivity index (χ1) is 17.3. The molecular formula is C26H24ClN7O2. The van der Waals surface area contributed by atoms with Crippen molar-refractivity contribution in [3.05, 3.63) is 93.8 Å². The molecule has 1 amide bonds. The van der Waals surface area contributed by atoms with Crippen LogP contribution in [0.3, 0.4) is 0 Å². The summed E-state index contributed by atoms with van der Waals surface area (Å²) in [4.78, 5) is 32.2. The number of primary amides is 1. The molecule has 0 atom stereocenters. The Kier molecular flexibility index (Phi) is 7.41. The summed E-state index contributed by atoms with van der Waals surface area (Å²) >= 11 is 6.14. The molecule has 4 aromatic rings. The first-order valence-electron chi connectivity index (χ1n) is 11.0. The van der Waals surface area contributed by atoms with E-state index >= 15 is 0 Å². The van der Waals surface area contributed by atoms with Crippen LogP contribution in [0.25, 0.3) is 27.6 Å². The number of allylic oxidation sites excluding steroid dienone is 1. The van der Waals surface area contributed by atoms with Crippen molar-refractivity contribution in [1.82, 2.24) is 19.9 Å². The lowest BCUT2D eigenvalue weighted by Gasteiger charge is -2.13. The first kappa shape index (κ1) is 24.6. The van der Waals surface area contributed by atoms with Crippen LogP contribution >= 0.6 is 11.6 Å². The second kappa shape index (κ2) is 10.8. The topological polar surface area (TPSA) is 139 Å². The molecule has 2 heterocycles. The highest BCUT2D eigenvalue weighted by Crippen LogP contribution is 2.28. The van der Waals surface area contributed by atoms with Crippen LogP contribution in [0.1, 0.15) is 11.4 Å². The van der Waals surface area contributed by atoms with Gasteiger partial charge in [0.1, 0.15) is 5.82 Å². The molecule has 0 aliphatic rings. The fourth-order valence-electron chi connectivity index (χ4n) is 3.60. The number of pyridine rings is 1. The van der Waals surface area contributed by atoms with Crippen molar-refractivity contribution in [2.45, 2.75) is 6.54 Å². The Morgan fingerprint density at radius 1 is 1.14 bits per heavy atom. The number of nitrogens with zero attached hydrogens (tertiary/aromatic N) is 3. The Bertz CT molecular complexity index is 1550. The van der Waals surface area contributed by atoms with E-state index in [1.54, 1.807) is 19.3 Å². The number of carbonyl (C=O) groups is 1. The number of anilines is 1. The first-order valence-corrected chi connectivity index (χ1v) is 11.4. The number of hydrogen-bond acceptors (Lipinski definition) is 7. The van der Waals surface area contributed by atoms with Crippen molar-refractivity contribution in [3.8, 4) is 11.1 Å². The number of fused-ring (bicyclic) bond motifs is 1. The summed E-state index contributed by atoms with van der Waals surface area (Å²) in [6, 6.07) is 16.5. The van der Waals surface area contributed by atoms with E-state index in [1.165, 1.54) is 16.8 Å². The number of nitrogens with one attached hydrogen (secondary N) is 3. The summed E-state index contributed by atoms with van der Waals surface area (Å²) in [5.41, 5.74) is 8.87. The molecule has 0 bridgehead atoms. The summed E-state index contributed by atoms with van der Waals surface area (Å²) in [7, 11) is 1.71. The van der Waals surface area contributed by atoms with Gasteiger partial charge in [-0.3, -0.25) is 9.59 Å². The van der Waals surface area contributed by atoms with Gasteiger partial charge >= 0.3 is 0 Å². The van der Waals surface area contributed by atoms with E-state index < -0.39 is 5.91 Å². The van der Waals surface area contributed by atoms with Crippen LogP contribution in [0, 0.1) is 5.41 Å². The normalized spacial score (nSPS) is 11.3.